The number of para-hydroxylation sites is 2. The molecule has 0 bridgehead atoms. The quantitative estimate of drug-likeness (QED) is 0.171. The van der Waals surface area contributed by atoms with E-state index < -0.39 is 11.7 Å². The Morgan fingerprint density at radius 3 is 1.33 bits per heavy atom. The molecular formula is C54H38F3N3. The minimum atomic E-state index is -4.65. The number of halogens is 3. The van der Waals surface area contributed by atoms with E-state index in [1.54, 1.807) is 18.2 Å². The number of rotatable bonds is 5. The smallest absolute Gasteiger partial charge is 0.307 e. The van der Waals surface area contributed by atoms with E-state index in [-0.39, 0.29) is 16.7 Å². The summed E-state index contributed by atoms with van der Waals surface area (Å²) < 4.78 is 48.8. The molecule has 0 aliphatic rings. The lowest BCUT2D eigenvalue weighted by molar-refractivity contribution is -0.137. The monoisotopic (exact) mass is 785 g/mol. The van der Waals surface area contributed by atoms with Crippen LogP contribution < -0.4 is 0 Å². The van der Waals surface area contributed by atoms with Gasteiger partial charge < -0.3 is 9.13 Å². The van der Waals surface area contributed by atoms with Crippen molar-refractivity contribution < 1.29 is 13.2 Å². The maximum Gasteiger partial charge on any atom is 0.417 e. The molecule has 6 heteroatoms. The summed E-state index contributed by atoms with van der Waals surface area (Å²) in [5, 5.41) is 14.9. The van der Waals surface area contributed by atoms with E-state index in [1.807, 2.05) is 24.3 Å². The standard InChI is InChI=1S/C54H38F3N3/c1-32-21-33(2)24-38(23-32)36-17-19-44-42-12-6-9-15-48(42)59(50(44)27-36)52-29-40(31-58)46(41-11-5-8-14-47(41)54(55,56)57)30-53(52)60-49-16-10-7-13-43(49)45-20-18-37(28-51(45)60)39-25-34(3)22-35(4)26-39/h5-30H,1-4H3. The van der Waals surface area contributed by atoms with Crippen LogP contribution in [0, 0.1) is 39.0 Å². The third-order valence-electron chi connectivity index (χ3n) is 11.7. The van der Waals surface area contributed by atoms with Gasteiger partial charge in [-0.25, -0.2) is 0 Å². The van der Waals surface area contributed by atoms with Gasteiger partial charge >= 0.3 is 6.18 Å². The Kier molecular flexibility index (Phi) is 8.55. The van der Waals surface area contributed by atoms with Gasteiger partial charge in [-0.05, 0) is 98.0 Å². The Hall–Kier alpha value is -7.36. The van der Waals surface area contributed by atoms with Crippen molar-refractivity contribution in [2.75, 3.05) is 0 Å². The van der Waals surface area contributed by atoms with Crippen molar-refractivity contribution in [2.24, 2.45) is 0 Å². The van der Waals surface area contributed by atoms with Crippen LogP contribution in [0.2, 0.25) is 0 Å². The molecule has 0 atom stereocenters. The highest BCUT2D eigenvalue weighted by Gasteiger charge is 2.34. The molecule has 290 valence electrons. The number of aryl methyl sites for hydroxylation is 4. The lowest BCUT2D eigenvalue weighted by atomic mass is 9.94. The van der Waals surface area contributed by atoms with Crippen LogP contribution in [0.5, 0.6) is 0 Å². The molecule has 0 unspecified atom stereocenters. The Labute approximate surface area is 345 Å². The molecule has 2 aromatic heterocycles. The molecule has 10 aromatic rings. The maximum absolute atomic E-state index is 14.8. The van der Waals surface area contributed by atoms with Crippen LogP contribution in [0.1, 0.15) is 33.4 Å². The molecule has 8 aromatic carbocycles. The van der Waals surface area contributed by atoms with Gasteiger partial charge in [0.2, 0.25) is 0 Å². The molecule has 10 rings (SSSR count). The number of benzene rings is 8. The fourth-order valence-electron chi connectivity index (χ4n) is 9.32. The van der Waals surface area contributed by atoms with Crippen LogP contribution in [-0.2, 0) is 6.18 Å². The Bertz CT molecular complexity index is 3390. The van der Waals surface area contributed by atoms with Gasteiger partial charge in [-0.2, -0.15) is 18.4 Å². The SMILES string of the molecule is Cc1cc(C)cc(-c2ccc3c4ccccc4n(-c4cc(C#N)c(-c5ccccc5C(F)(F)F)cc4-n4c5ccccc5c5ccc(-c6cc(C)cc(C)c6)cc54)c3c2)c1. The normalized spacial score (nSPS) is 11.9. The average Bonchev–Trinajstić information content (AvgIpc) is 3.74. The second-order valence-electron chi connectivity index (χ2n) is 16.0. The number of fused-ring (bicyclic) bond motifs is 6. The molecule has 2 heterocycles. The second kappa shape index (κ2) is 13.9. The molecule has 0 saturated heterocycles. The van der Waals surface area contributed by atoms with Gasteiger partial charge in [-0.1, -0.05) is 138 Å². The summed E-state index contributed by atoms with van der Waals surface area (Å²) in [5.74, 6) is 0. The number of nitrogens with zero attached hydrogens (tertiary/aromatic N) is 3. The van der Waals surface area contributed by atoms with Crippen molar-refractivity contribution >= 4 is 43.6 Å². The first-order chi connectivity index (χ1) is 29.0. The van der Waals surface area contributed by atoms with Gasteiger partial charge in [0.15, 0.2) is 0 Å². The number of alkyl halides is 3. The third-order valence-corrected chi connectivity index (χ3v) is 11.7. The van der Waals surface area contributed by atoms with Crippen molar-refractivity contribution in [1.29, 1.82) is 5.26 Å². The maximum atomic E-state index is 14.8. The van der Waals surface area contributed by atoms with Crippen molar-refractivity contribution in [3.05, 3.63) is 191 Å². The molecule has 0 spiro atoms. The van der Waals surface area contributed by atoms with E-state index in [2.05, 4.69) is 140 Å². The number of nitriles is 1. The predicted molar refractivity (Wildman–Crippen MR) is 240 cm³/mol. The Balaban J connectivity index is 1.37. The van der Waals surface area contributed by atoms with Crippen molar-refractivity contribution in [2.45, 2.75) is 33.9 Å². The van der Waals surface area contributed by atoms with E-state index >= 15 is 0 Å². The molecule has 0 aliphatic carbocycles. The van der Waals surface area contributed by atoms with Crippen LogP contribution in [-0.4, -0.2) is 9.13 Å². The van der Waals surface area contributed by atoms with E-state index in [9.17, 15) is 18.4 Å². The highest BCUT2D eigenvalue weighted by atomic mass is 19.4. The van der Waals surface area contributed by atoms with Crippen molar-refractivity contribution in [1.82, 2.24) is 9.13 Å². The second-order valence-corrected chi connectivity index (χ2v) is 16.0. The molecule has 0 saturated carbocycles. The van der Waals surface area contributed by atoms with E-state index in [0.717, 1.165) is 94.2 Å². The lowest BCUT2D eigenvalue weighted by Gasteiger charge is -2.21. The van der Waals surface area contributed by atoms with Crippen LogP contribution in [0.25, 0.3) is 88.4 Å². The molecule has 0 amide bonds. The van der Waals surface area contributed by atoms with Gasteiger partial charge in [0.25, 0.3) is 0 Å². The zero-order valence-corrected chi connectivity index (χ0v) is 33.5. The first-order valence-electron chi connectivity index (χ1n) is 20.0. The van der Waals surface area contributed by atoms with Crippen LogP contribution >= 0.6 is 0 Å². The first-order valence-corrected chi connectivity index (χ1v) is 20.0. The number of hydrogen-bond donors (Lipinski definition) is 0. The minimum absolute atomic E-state index is 0.0506. The Morgan fingerprint density at radius 1 is 0.417 bits per heavy atom. The van der Waals surface area contributed by atoms with Crippen LogP contribution in [0.4, 0.5) is 13.2 Å². The fourth-order valence-corrected chi connectivity index (χ4v) is 9.32. The van der Waals surface area contributed by atoms with E-state index in [1.165, 1.54) is 12.1 Å². The van der Waals surface area contributed by atoms with Gasteiger partial charge in [-0.15, -0.1) is 0 Å². The number of aromatic nitrogens is 2. The largest absolute Gasteiger partial charge is 0.417 e. The highest BCUT2D eigenvalue weighted by molar-refractivity contribution is 6.13. The van der Waals surface area contributed by atoms with Gasteiger partial charge in [0, 0.05) is 27.1 Å². The zero-order chi connectivity index (χ0) is 41.4. The lowest BCUT2D eigenvalue weighted by Crippen LogP contribution is -2.09. The minimum Gasteiger partial charge on any atom is -0.307 e. The molecule has 3 nitrogen and oxygen atoms in total. The predicted octanol–water partition coefficient (Wildman–Crippen LogP) is 15.0. The molecule has 0 radical (unpaired) electrons. The summed E-state index contributed by atoms with van der Waals surface area (Å²) in [7, 11) is 0. The third kappa shape index (κ3) is 6.05. The fraction of sp³-hybridized carbons (Fsp3) is 0.0926. The molecule has 0 N–H and O–H groups in total. The Morgan fingerprint density at radius 2 is 0.850 bits per heavy atom. The molecule has 0 fully saturated rings. The van der Waals surface area contributed by atoms with Gasteiger partial charge in [0.1, 0.15) is 0 Å². The van der Waals surface area contributed by atoms with E-state index in [0.29, 0.717) is 11.4 Å². The summed E-state index contributed by atoms with van der Waals surface area (Å²) in [6, 6.07) is 53.7. The van der Waals surface area contributed by atoms with E-state index in [4.69, 9.17) is 0 Å². The van der Waals surface area contributed by atoms with Gasteiger partial charge in [-0.3, -0.25) is 0 Å². The van der Waals surface area contributed by atoms with Gasteiger partial charge in [0.05, 0.1) is 50.6 Å². The average molecular weight is 786 g/mol. The molecular weight excluding hydrogens is 748 g/mol. The van der Waals surface area contributed by atoms with Crippen LogP contribution in [0.15, 0.2) is 158 Å². The van der Waals surface area contributed by atoms with Crippen molar-refractivity contribution in [3.63, 3.8) is 0 Å². The topological polar surface area (TPSA) is 33.6 Å². The van der Waals surface area contributed by atoms with Crippen LogP contribution in [0.3, 0.4) is 0 Å². The van der Waals surface area contributed by atoms with Crippen molar-refractivity contribution in [3.8, 4) is 50.8 Å². The molecule has 0 aliphatic heterocycles. The highest BCUT2D eigenvalue weighted by Crippen LogP contribution is 2.44. The summed E-state index contributed by atoms with van der Waals surface area (Å²) in [4.78, 5) is 0. The number of hydrogen-bond acceptors (Lipinski definition) is 1. The summed E-state index contributed by atoms with van der Waals surface area (Å²) in [5.41, 5.74) is 13.3. The first kappa shape index (κ1) is 36.9. The summed E-state index contributed by atoms with van der Waals surface area (Å²) in [6.45, 7) is 8.37. The molecule has 60 heavy (non-hydrogen) atoms. The summed E-state index contributed by atoms with van der Waals surface area (Å²) in [6.07, 6.45) is -4.65. The summed E-state index contributed by atoms with van der Waals surface area (Å²) >= 11 is 0. The zero-order valence-electron chi connectivity index (χ0n) is 33.5.